The smallest absolute Gasteiger partial charge is 0.261 e. The van der Waals surface area contributed by atoms with Crippen LogP contribution in [-0.2, 0) is 20.2 Å². The summed E-state index contributed by atoms with van der Waals surface area (Å²) in [6.07, 6.45) is 2.14. The lowest BCUT2D eigenvalue weighted by Gasteiger charge is -2.24. The standard InChI is InChI=1S/C22H26BrN3O3S/c1-22(2)15-26(14-21(27)25-10-3-4-11-25)20-9-8-18(13-19(20)22)30(28,29)24-17-7-5-6-16(23)12-17/h5-9,12-13,24H,3-4,10-11,14-15H2,1-2H3. The van der Waals surface area contributed by atoms with E-state index >= 15 is 0 Å². The number of nitrogens with one attached hydrogen (secondary N) is 1. The molecule has 0 spiro atoms. The van der Waals surface area contributed by atoms with E-state index in [9.17, 15) is 13.2 Å². The molecule has 1 N–H and O–H groups in total. The highest BCUT2D eigenvalue weighted by molar-refractivity contribution is 9.10. The topological polar surface area (TPSA) is 69.7 Å². The Morgan fingerprint density at radius 2 is 1.87 bits per heavy atom. The minimum absolute atomic E-state index is 0.143. The molecule has 0 aromatic heterocycles. The van der Waals surface area contributed by atoms with Gasteiger partial charge in [0.1, 0.15) is 0 Å². The Balaban J connectivity index is 1.59. The average Bonchev–Trinajstić information content (AvgIpc) is 3.28. The average molecular weight is 492 g/mol. The quantitative estimate of drug-likeness (QED) is 0.686. The maximum atomic E-state index is 13.0. The third-order valence-corrected chi connectivity index (χ3v) is 7.67. The van der Waals surface area contributed by atoms with E-state index in [4.69, 9.17) is 0 Å². The lowest BCUT2D eigenvalue weighted by molar-refractivity contribution is -0.128. The van der Waals surface area contributed by atoms with Gasteiger partial charge in [-0.05, 0) is 54.8 Å². The summed E-state index contributed by atoms with van der Waals surface area (Å²) >= 11 is 3.36. The van der Waals surface area contributed by atoms with Gasteiger partial charge in [0.25, 0.3) is 10.0 Å². The van der Waals surface area contributed by atoms with Crippen molar-refractivity contribution in [1.82, 2.24) is 4.90 Å². The molecule has 30 heavy (non-hydrogen) atoms. The molecule has 2 aliphatic rings. The fourth-order valence-electron chi connectivity index (χ4n) is 4.28. The van der Waals surface area contributed by atoms with Crippen LogP contribution in [0, 0.1) is 0 Å². The van der Waals surface area contributed by atoms with Gasteiger partial charge in [-0.25, -0.2) is 8.42 Å². The van der Waals surface area contributed by atoms with Gasteiger partial charge in [-0.2, -0.15) is 0 Å². The van der Waals surface area contributed by atoms with E-state index in [1.807, 2.05) is 17.0 Å². The molecule has 6 nitrogen and oxygen atoms in total. The van der Waals surface area contributed by atoms with Crippen LogP contribution in [-0.4, -0.2) is 45.4 Å². The van der Waals surface area contributed by atoms with Gasteiger partial charge in [0.2, 0.25) is 5.91 Å². The van der Waals surface area contributed by atoms with Crippen LogP contribution in [0.25, 0.3) is 0 Å². The molecule has 0 unspecified atom stereocenters. The second-order valence-electron chi connectivity index (χ2n) is 8.62. The first-order chi connectivity index (χ1) is 14.2. The molecule has 2 aliphatic heterocycles. The van der Waals surface area contributed by atoms with Crippen LogP contribution in [0.3, 0.4) is 0 Å². The zero-order chi connectivity index (χ0) is 21.5. The zero-order valence-corrected chi connectivity index (χ0v) is 19.6. The SMILES string of the molecule is CC1(C)CN(CC(=O)N2CCCC2)c2ccc(S(=O)(=O)Nc3cccc(Br)c3)cc21. The predicted octanol–water partition coefficient (Wildman–Crippen LogP) is 3.97. The van der Waals surface area contributed by atoms with Gasteiger partial charge >= 0.3 is 0 Å². The molecule has 0 saturated carbocycles. The van der Waals surface area contributed by atoms with Gasteiger partial charge in [0, 0.05) is 40.9 Å². The Labute approximate surface area is 186 Å². The number of halogens is 1. The van der Waals surface area contributed by atoms with Crippen molar-refractivity contribution in [3.63, 3.8) is 0 Å². The molecule has 1 fully saturated rings. The first-order valence-electron chi connectivity index (χ1n) is 10.1. The minimum Gasteiger partial charge on any atom is -0.361 e. The van der Waals surface area contributed by atoms with Crippen molar-refractivity contribution in [2.45, 2.75) is 37.0 Å². The molecular weight excluding hydrogens is 466 g/mol. The molecule has 2 aromatic carbocycles. The highest BCUT2D eigenvalue weighted by atomic mass is 79.9. The Bertz CT molecular complexity index is 1080. The molecule has 8 heteroatoms. The van der Waals surface area contributed by atoms with E-state index in [0.717, 1.165) is 41.7 Å². The second kappa shape index (κ2) is 7.89. The first kappa shape index (κ1) is 21.2. The van der Waals surface area contributed by atoms with Crippen molar-refractivity contribution < 1.29 is 13.2 Å². The molecule has 1 amide bonds. The van der Waals surface area contributed by atoms with Crippen LogP contribution < -0.4 is 9.62 Å². The maximum Gasteiger partial charge on any atom is 0.261 e. The number of nitrogens with zero attached hydrogens (tertiary/aromatic N) is 2. The van der Waals surface area contributed by atoms with Crippen LogP contribution in [0.5, 0.6) is 0 Å². The monoisotopic (exact) mass is 491 g/mol. The molecule has 160 valence electrons. The van der Waals surface area contributed by atoms with Crippen molar-refractivity contribution in [3.8, 4) is 0 Å². The predicted molar refractivity (Wildman–Crippen MR) is 122 cm³/mol. The maximum absolute atomic E-state index is 13.0. The Kier molecular flexibility index (Phi) is 5.57. The number of hydrogen-bond donors (Lipinski definition) is 1. The lowest BCUT2D eigenvalue weighted by Crippen LogP contribution is -2.40. The molecule has 0 atom stereocenters. The van der Waals surface area contributed by atoms with E-state index in [0.29, 0.717) is 18.8 Å². The van der Waals surface area contributed by atoms with E-state index in [-0.39, 0.29) is 16.2 Å². The number of carbonyl (C=O) groups is 1. The Morgan fingerprint density at radius 1 is 1.13 bits per heavy atom. The Morgan fingerprint density at radius 3 is 2.57 bits per heavy atom. The molecule has 2 heterocycles. The third-order valence-electron chi connectivity index (χ3n) is 5.80. The fraction of sp³-hybridized carbons (Fsp3) is 0.409. The van der Waals surface area contributed by atoms with Crippen LogP contribution in [0.4, 0.5) is 11.4 Å². The summed E-state index contributed by atoms with van der Waals surface area (Å²) in [7, 11) is -3.72. The van der Waals surface area contributed by atoms with Crippen molar-refractivity contribution in [3.05, 3.63) is 52.5 Å². The van der Waals surface area contributed by atoms with Gasteiger partial charge in [-0.15, -0.1) is 0 Å². The zero-order valence-electron chi connectivity index (χ0n) is 17.2. The van der Waals surface area contributed by atoms with Crippen molar-refractivity contribution in [2.24, 2.45) is 0 Å². The molecule has 1 saturated heterocycles. The van der Waals surface area contributed by atoms with E-state index in [1.54, 1.807) is 30.3 Å². The van der Waals surface area contributed by atoms with Crippen LogP contribution >= 0.6 is 15.9 Å². The van der Waals surface area contributed by atoms with Crippen molar-refractivity contribution in [1.29, 1.82) is 0 Å². The normalized spacial score (nSPS) is 17.8. The van der Waals surface area contributed by atoms with Crippen molar-refractivity contribution in [2.75, 3.05) is 35.8 Å². The summed E-state index contributed by atoms with van der Waals surface area (Å²) in [5, 5.41) is 0. The number of sulfonamides is 1. The summed E-state index contributed by atoms with van der Waals surface area (Å²) in [6, 6.07) is 12.3. The molecular formula is C22H26BrN3O3S. The summed E-state index contributed by atoms with van der Waals surface area (Å²) in [5.41, 5.74) is 2.15. The number of likely N-dealkylation sites (tertiary alicyclic amines) is 1. The lowest BCUT2D eigenvalue weighted by atomic mass is 9.87. The summed E-state index contributed by atoms with van der Waals surface area (Å²) in [4.78, 5) is 16.9. The van der Waals surface area contributed by atoms with Gasteiger partial charge in [0.15, 0.2) is 0 Å². The van der Waals surface area contributed by atoms with Gasteiger partial charge < -0.3 is 9.80 Å². The minimum atomic E-state index is -3.72. The van der Waals surface area contributed by atoms with Crippen LogP contribution in [0.1, 0.15) is 32.3 Å². The van der Waals surface area contributed by atoms with Gasteiger partial charge in [0.05, 0.1) is 11.4 Å². The fourth-order valence-corrected chi connectivity index (χ4v) is 5.76. The largest absolute Gasteiger partial charge is 0.361 e. The van der Waals surface area contributed by atoms with Crippen LogP contribution in [0.2, 0.25) is 0 Å². The van der Waals surface area contributed by atoms with E-state index in [1.165, 1.54) is 0 Å². The molecule has 0 aliphatic carbocycles. The highest BCUT2D eigenvalue weighted by Gasteiger charge is 2.37. The molecule has 0 bridgehead atoms. The Hall–Kier alpha value is -2.06. The third kappa shape index (κ3) is 4.21. The number of hydrogen-bond acceptors (Lipinski definition) is 4. The first-order valence-corrected chi connectivity index (χ1v) is 12.4. The number of fused-ring (bicyclic) bond motifs is 1. The van der Waals surface area contributed by atoms with Crippen LogP contribution in [0.15, 0.2) is 51.8 Å². The number of benzene rings is 2. The van der Waals surface area contributed by atoms with E-state index in [2.05, 4.69) is 39.4 Å². The number of rotatable bonds is 5. The number of anilines is 2. The molecule has 2 aromatic rings. The van der Waals surface area contributed by atoms with Crippen molar-refractivity contribution >= 4 is 43.2 Å². The number of carbonyl (C=O) groups excluding carboxylic acids is 1. The molecule has 0 radical (unpaired) electrons. The second-order valence-corrected chi connectivity index (χ2v) is 11.2. The highest BCUT2D eigenvalue weighted by Crippen LogP contribution is 2.41. The number of amides is 1. The summed E-state index contributed by atoms with van der Waals surface area (Å²) < 4.78 is 29.4. The van der Waals surface area contributed by atoms with Gasteiger partial charge in [-0.3, -0.25) is 9.52 Å². The van der Waals surface area contributed by atoms with E-state index < -0.39 is 10.0 Å². The summed E-state index contributed by atoms with van der Waals surface area (Å²) in [6.45, 7) is 6.86. The van der Waals surface area contributed by atoms with Gasteiger partial charge in [-0.1, -0.05) is 35.8 Å². The summed E-state index contributed by atoms with van der Waals surface area (Å²) in [5.74, 6) is 0.143. The molecule has 4 rings (SSSR count).